The summed E-state index contributed by atoms with van der Waals surface area (Å²) >= 11 is 0. The number of anilines is 2. The van der Waals surface area contributed by atoms with Gasteiger partial charge in [0.05, 0.1) is 0 Å². The van der Waals surface area contributed by atoms with Gasteiger partial charge in [-0.1, -0.05) is 43.3 Å². The zero-order valence-electron chi connectivity index (χ0n) is 11.7. The highest BCUT2D eigenvalue weighted by Crippen LogP contribution is 2.21. The lowest BCUT2D eigenvalue weighted by atomic mass is 9.98. The lowest BCUT2D eigenvalue weighted by Gasteiger charge is -2.14. The number of nitrogens with one attached hydrogen (secondary N) is 1. The highest BCUT2D eigenvalue weighted by Gasteiger charge is 2.05. The highest BCUT2D eigenvalue weighted by molar-refractivity contribution is 5.59. The molecular formula is C17H22N2. The van der Waals surface area contributed by atoms with E-state index in [-0.39, 0.29) is 0 Å². The summed E-state index contributed by atoms with van der Waals surface area (Å²) in [5.74, 6) is 0.565. The van der Waals surface area contributed by atoms with Crippen LogP contribution in [-0.2, 0) is 0 Å². The van der Waals surface area contributed by atoms with E-state index < -0.39 is 0 Å². The molecule has 0 aliphatic carbocycles. The fraction of sp³-hybridized carbons (Fsp3) is 0.294. The number of nitrogen functional groups attached to an aromatic ring is 1. The third-order valence-electron chi connectivity index (χ3n) is 3.52. The van der Waals surface area contributed by atoms with Gasteiger partial charge in [0.1, 0.15) is 0 Å². The van der Waals surface area contributed by atoms with Crippen LogP contribution in [0.3, 0.4) is 0 Å². The molecule has 0 aromatic heterocycles. The zero-order valence-corrected chi connectivity index (χ0v) is 11.7. The van der Waals surface area contributed by atoms with Crippen molar-refractivity contribution in [2.45, 2.75) is 26.2 Å². The Labute approximate surface area is 115 Å². The first-order chi connectivity index (χ1) is 9.16. The first-order valence-corrected chi connectivity index (χ1v) is 6.82. The summed E-state index contributed by atoms with van der Waals surface area (Å²) in [4.78, 5) is 0. The van der Waals surface area contributed by atoms with Crippen LogP contribution in [0.4, 0.5) is 11.4 Å². The Morgan fingerprint density at radius 1 is 1.11 bits per heavy atom. The van der Waals surface area contributed by atoms with Crippen LogP contribution in [0.15, 0.2) is 48.5 Å². The molecule has 0 radical (unpaired) electrons. The Morgan fingerprint density at radius 3 is 2.58 bits per heavy atom. The standard InChI is InChI=1S/C17H22N2/c1-13(15-6-4-3-5-7-15)10-11-19-17-12-16(18)9-8-14(17)2/h3-9,12-13,19H,10-11,18H2,1-2H3. The molecule has 2 heteroatoms. The van der Waals surface area contributed by atoms with Crippen LogP contribution >= 0.6 is 0 Å². The maximum atomic E-state index is 5.81. The van der Waals surface area contributed by atoms with Crippen LogP contribution in [-0.4, -0.2) is 6.54 Å². The maximum absolute atomic E-state index is 5.81. The number of hydrogen-bond acceptors (Lipinski definition) is 2. The van der Waals surface area contributed by atoms with Gasteiger partial charge in [-0.3, -0.25) is 0 Å². The largest absolute Gasteiger partial charge is 0.399 e. The highest BCUT2D eigenvalue weighted by atomic mass is 14.9. The topological polar surface area (TPSA) is 38.0 Å². The second-order valence-electron chi connectivity index (χ2n) is 5.10. The Kier molecular flexibility index (Phi) is 4.45. The monoisotopic (exact) mass is 254 g/mol. The van der Waals surface area contributed by atoms with E-state index in [1.54, 1.807) is 0 Å². The SMILES string of the molecule is Cc1ccc(N)cc1NCCC(C)c1ccccc1. The molecule has 0 aliphatic rings. The van der Waals surface area contributed by atoms with Crippen molar-refractivity contribution in [1.82, 2.24) is 0 Å². The number of benzene rings is 2. The molecule has 0 bridgehead atoms. The minimum Gasteiger partial charge on any atom is -0.399 e. The van der Waals surface area contributed by atoms with E-state index in [1.807, 2.05) is 12.1 Å². The lowest BCUT2D eigenvalue weighted by Crippen LogP contribution is -2.07. The summed E-state index contributed by atoms with van der Waals surface area (Å²) in [5.41, 5.74) is 10.4. The van der Waals surface area contributed by atoms with E-state index in [4.69, 9.17) is 5.73 Å². The molecule has 0 amide bonds. The molecule has 0 spiro atoms. The molecule has 0 saturated carbocycles. The van der Waals surface area contributed by atoms with Crippen LogP contribution in [0.5, 0.6) is 0 Å². The van der Waals surface area contributed by atoms with E-state index in [9.17, 15) is 0 Å². The fourth-order valence-corrected chi connectivity index (χ4v) is 2.20. The van der Waals surface area contributed by atoms with Crippen molar-refractivity contribution in [3.05, 3.63) is 59.7 Å². The van der Waals surface area contributed by atoms with Crippen molar-refractivity contribution >= 4 is 11.4 Å². The second kappa shape index (κ2) is 6.28. The number of hydrogen-bond donors (Lipinski definition) is 2. The molecule has 100 valence electrons. The summed E-state index contributed by atoms with van der Waals surface area (Å²) in [7, 11) is 0. The predicted octanol–water partition coefficient (Wildman–Crippen LogP) is 4.18. The van der Waals surface area contributed by atoms with Gasteiger partial charge in [0.2, 0.25) is 0 Å². The minimum absolute atomic E-state index is 0.565. The third kappa shape index (κ3) is 3.75. The lowest BCUT2D eigenvalue weighted by molar-refractivity contribution is 0.706. The van der Waals surface area contributed by atoms with Crippen LogP contribution in [0.1, 0.15) is 30.4 Å². The smallest absolute Gasteiger partial charge is 0.0390 e. The van der Waals surface area contributed by atoms with Gasteiger partial charge in [-0.15, -0.1) is 0 Å². The van der Waals surface area contributed by atoms with Gasteiger partial charge in [-0.2, -0.15) is 0 Å². The van der Waals surface area contributed by atoms with Crippen LogP contribution in [0, 0.1) is 6.92 Å². The maximum Gasteiger partial charge on any atom is 0.0390 e. The Morgan fingerprint density at radius 2 is 1.84 bits per heavy atom. The molecular weight excluding hydrogens is 232 g/mol. The van der Waals surface area contributed by atoms with Gasteiger partial charge in [0, 0.05) is 17.9 Å². The van der Waals surface area contributed by atoms with E-state index in [2.05, 4.69) is 55.6 Å². The molecule has 0 heterocycles. The van der Waals surface area contributed by atoms with Gasteiger partial charge >= 0.3 is 0 Å². The molecule has 2 nitrogen and oxygen atoms in total. The van der Waals surface area contributed by atoms with E-state index in [1.165, 1.54) is 11.1 Å². The Balaban J connectivity index is 1.88. The van der Waals surface area contributed by atoms with Crippen LogP contribution < -0.4 is 11.1 Å². The molecule has 2 rings (SSSR count). The number of aryl methyl sites for hydroxylation is 1. The first-order valence-electron chi connectivity index (χ1n) is 6.82. The van der Waals surface area contributed by atoms with Gasteiger partial charge in [0.15, 0.2) is 0 Å². The first kappa shape index (κ1) is 13.5. The van der Waals surface area contributed by atoms with Crippen molar-refractivity contribution in [2.75, 3.05) is 17.6 Å². The number of rotatable bonds is 5. The molecule has 2 aromatic carbocycles. The summed E-state index contributed by atoms with van der Waals surface area (Å²) in [5, 5.41) is 3.47. The van der Waals surface area contributed by atoms with Crippen molar-refractivity contribution in [3.8, 4) is 0 Å². The summed E-state index contributed by atoms with van der Waals surface area (Å²) in [6.45, 7) is 5.33. The van der Waals surface area contributed by atoms with Crippen LogP contribution in [0.25, 0.3) is 0 Å². The molecule has 1 unspecified atom stereocenters. The molecule has 19 heavy (non-hydrogen) atoms. The van der Waals surface area contributed by atoms with Crippen molar-refractivity contribution in [3.63, 3.8) is 0 Å². The van der Waals surface area contributed by atoms with E-state index in [0.29, 0.717) is 5.92 Å². The Hall–Kier alpha value is -1.96. The average molecular weight is 254 g/mol. The summed E-state index contributed by atoms with van der Waals surface area (Å²) < 4.78 is 0. The molecule has 1 atom stereocenters. The summed E-state index contributed by atoms with van der Waals surface area (Å²) in [6.07, 6.45) is 1.11. The molecule has 3 N–H and O–H groups in total. The minimum atomic E-state index is 0.565. The number of nitrogens with two attached hydrogens (primary N) is 1. The molecule has 0 fully saturated rings. The van der Waals surface area contributed by atoms with Crippen LogP contribution in [0.2, 0.25) is 0 Å². The zero-order chi connectivity index (χ0) is 13.7. The van der Waals surface area contributed by atoms with Crippen molar-refractivity contribution in [2.24, 2.45) is 0 Å². The fourth-order valence-electron chi connectivity index (χ4n) is 2.20. The molecule has 2 aromatic rings. The quantitative estimate of drug-likeness (QED) is 0.785. The van der Waals surface area contributed by atoms with E-state index in [0.717, 1.165) is 24.3 Å². The normalized spacial score (nSPS) is 12.1. The van der Waals surface area contributed by atoms with Crippen molar-refractivity contribution < 1.29 is 0 Å². The van der Waals surface area contributed by atoms with Gasteiger partial charge < -0.3 is 11.1 Å². The van der Waals surface area contributed by atoms with Crippen molar-refractivity contribution in [1.29, 1.82) is 0 Å². The third-order valence-corrected chi connectivity index (χ3v) is 3.52. The second-order valence-corrected chi connectivity index (χ2v) is 5.10. The van der Waals surface area contributed by atoms with Gasteiger partial charge in [-0.05, 0) is 42.5 Å². The average Bonchev–Trinajstić information content (AvgIpc) is 2.43. The predicted molar refractivity (Wildman–Crippen MR) is 83.6 cm³/mol. The van der Waals surface area contributed by atoms with Gasteiger partial charge in [-0.25, -0.2) is 0 Å². The van der Waals surface area contributed by atoms with Gasteiger partial charge in [0.25, 0.3) is 0 Å². The summed E-state index contributed by atoms with van der Waals surface area (Å²) in [6, 6.07) is 16.6. The molecule has 0 aliphatic heterocycles. The molecule has 0 saturated heterocycles. The van der Waals surface area contributed by atoms with E-state index >= 15 is 0 Å². The Bertz CT molecular complexity index is 520.